The summed E-state index contributed by atoms with van der Waals surface area (Å²) >= 11 is 3.27. The van der Waals surface area contributed by atoms with Gasteiger partial charge < -0.3 is 5.73 Å². The van der Waals surface area contributed by atoms with Crippen molar-refractivity contribution in [2.75, 3.05) is 0 Å². The molecule has 0 aliphatic carbocycles. The van der Waals surface area contributed by atoms with Crippen molar-refractivity contribution in [3.63, 3.8) is 0 Å². The number of halogens is 2. The van der Waals surface area contributed by atoms with Crippen LogP contribution in [0, 0.1) is 5.82 Å². The van der Waals surface area contributed by atoms with E-state index in [0.717, 1.165) is 16.5 Å². The molecule has 3 heteroatoms. The molecule has 12 heavy (non-hydrogen) atoms. The SMILES string of the molecule is CC[C@H](N)c1ccc(F)cc1Br. The van der Waals surface area contributed by atoms with Gasteiger partial charge in [-0.05, 0) is 24.1 Å². The maximum Gasteiger partial charge on any atom is 0.124 e. The minimum atomic E-state index is -0.242. The van der Waals surface area contributed by atoms with Crippen LogP contribution in [0.4, 0.5) is 4.39 Å². The summed E-state index contributed by atoms with van der Waals surface area (Å²) in [7, 11) is 0. The molecule has 0 fully saturated rings. The highest BCUT2D eigenvalue weighted by Gasteiger charge is 2.07. The van der Waals surface area contributed by atoms with Gasteiger partial charge in [-0.1, -0.05) is 28.9 Å². The van der Waals surface area contributed by atoms with E-state index in [9.17, 15) is 4.39 Å². The molecule has 2 N–H and O–H groups in total. The Morgan fingerprint density at radius 1 is 1.58 bits per heavy atom. The molecule has 0 amide bonds. The fourth-order valence-corrected chi connectivity index (χ4v) is 1.67. The molecule has 0 radical (unpaired) electrons. The molecule has 0 saturated heterocycles. The van der Waals surface area contributed by atoms with Crippen LogP contribution in [0.3, 0.4) is 0 Å². The molecule has 1 aromatic carbocycles. The lowest BCUT2D eigenvalue weighted by molar-refractivity contribution is 0.622. The van der Waals surface area contributed by atoms with Crippen LogP contribution in [0.25, 0.3) is 0 Å². The summed E-state index contributed by atoms with van der Waals surface area (Å²) < 4.78 is 13.4. The smallest absolute Gasteiger partial charge is 0.124 e. The van der Waals surface area contributed by atoms with Crippen LogP contribution in [0.5, 0.6) is 0 Å². The number of rotatable bonds is 2. The van der Waals surface area contributed by atoms with E-state index in [2.05, 4.69) is 15.9 Å². The molecule has 66 valence electrons. The Balaban J connectivity index is 3.01. The van der Waals surface area contributed by atoms with Crippen LogP contribution in [0.1, 0.15) is 24.9 Å². The first-order chi connectivity index (χ1) is 5.65. The summed E-state index contributed by atoms with van der Waals surface area (Å²) in [6.07, 6.45) is 0.851. The van der Waals surface area contributed by atoms with Crippen LogP contribution in [0.2, 0.25) is 0 Å². The van der Waals surface area contributed by atoms with E-state index >= 15 is 0 Å². The molecule has 0 unspecified atom stereocenters. The van der Waals surface area contributed by atoms with E-state index in [1.165, 1.54) is 12.1 Å². The summed E-state index contributed by atoms with van der Waals surface area (Å²) in [5.74, 6) is -0.242. The van der Waals surface area contributed by atoms with E-state index in [1.807, 2.05) is 6.92 Å². The average Bonchev–Trinajstić information content (AvgIpc) is 2.03. The first-order valence-corrected chi connectivity index (χ1v) is 4.65. The highest BCUT2D eigenvalue weighted by atomic mass is 79.9. The molecule has 0 spiro atoms. The third-order valence-electron chi connectivity index (χ3n) is 1.80. The molecule has 1 atom stereocenters. The van der Waals surface area contributed by atoms with Gasteiger partial charge in [0.05, 0.1) is 0 Å². The Bertz CT molecular complexity index is 275. The lowest BCUT2D eigenvalue weighted by atomic mass is 10.1. The molecule has 0 heterocycles. The first kappa shape index (κ1) is 9.68. The first-order valence-electron chi connectivity index (χ1n) is 3.85. The number of hydrogen-bond donors (Lipinski definition) is 1. The van der Waals surface area contributed by atoms with Crippen molar-refractivity contribution in [1.82, 2.24) is 0 Å². The molecule has 1 nitrogen and oxygen atoms in total. The van der Waals surface area contributed by atoms with Crippen molar-refractivity contribution in [1.29, 1.82) is 0 Å². The zero-order valence-corrected chi connectivity index (χ0v) is 8.44. The summed E-state index contributed by atoms with van der Waals surface area (Å²) in [6, 6.07) is 4.56. The van der Waals surface area contributed by atoms with Crippen molar-refractivity contribution in [3.05, 3.63) is 34.1 Å². The summed E-state index contributed by atoms with van der Waals surface area (Å²) in [5.41, 5.74) is 6.75. The Morgan fingerprint density at radius 2 is 2.25 bits per heavy atom. The topological polar surface area (TPSA) is 26.0 Å². The van der Waals surface area contributed by atoms with Crippen molar-refractivity contribution >= 4 is 15.9 Å². The second-order valence-electron chi connectivity index (χ2n) is 2.68. The van der Waals surface area contributed by atoms with Gasteiger partial charge >= 0.3 is 0 Å². The molecule has 0 bridgehead atoms. The standard InChI is InChI=1S/C9H11BrFN/c1-2-9(12)7-4-3-6(11)5-8(7)10/h3-5,9H,2,12H2,1H3/t9-/m0/s1. The van der Waals surface area contributed by atoms with Gasteiger partial charge in [0.2, 0.25) is 0 Å². The summed E-state index contributed by atoms with van der Waals surface area (Å²) in [6.45, 7) is 2.00. The van der Waals surface area contributed by atoms with Crippen molar-refractivity contribution in [2.24, 2.45) is 5.73 Å². The minimum absolute atomic E-state index is 0.0139. The predicted molar refractivity (Wildman–Crippen MR) is 51.3 cm³/mol. The van der Waals surface area contributed by atoms with Gasteiger partial charge in [-0.3, -0.25) is 0 Å². The minimum Gasteiger partial charge on any atom is -0.324 e. The van der Waals surface area contributed by atoms with Crippen molar-refractivity contribution < 1.29 is 4.39 Å². The van der Waals surface area contributed by atoms with Gasteiger partial charge in [0.25, 0.3) is 0 Å². The van der Waals surface area contributed by atoms with E-state index in [4.69, 9.17) is 5.73 Å². The zero-order valence-electron chi connectivity index (χ0n) is 6.85. The maximum atomic E-state index is 12.6. The van der Waals surface area contributed by atoms with Gasteiger partial charge in [0.1, 0.15) is 5.82 Å². The van der Waals surface area contributed by atoms with Crippen LogP contribution in [-0.4, -0.2) is 0 Å². The second-order valence-corrected chi connectivity index (χ2v) is 3.53. The lowest BCUT2D eigenvalue weighted by Crippen LogP contribution is -2.09. The Morgan fingerprint density at radius 3 is 2.75 bits per heavy atom. The highest BCUT2D eigenvalue weighted by Crippen LogP contribution is 2.24. The monoisotopic (exact) mass is 231 g/mol. The third-order valence-corrected chi connectivity index (χ3v) is 2.49. The molecular formula is C9H11BrFN. The average molecular weight is 232 g/mol. The van der Waals surface area contributed by atoms with Gasteiger partial charge in [0, 0.05) is 10.5 Å². The fourth-order valence-electron chi connectivity index (χ4n) is 1.02. The number of hydrogen-bond acceptors (Lipinski definition) is 1. The highest BCUT2D eigenvalue weighted by molar-refractivity contribution is 9.10. The molecule has 1 rings (SSSR count). The van der Waals surface area contributed by atoms with Crippen LogP contribution in [0.15, 0.2) is 22.7 Å². The van der Waals surface area contributed by atoms with Crippen LogP contribution in [-0.2, 0) is 0 Å². The van der Waals surface area contributed by atoms with E-state index in [-0.39, 0.29) is 11.9 Å². The Hall–Kier alpha value is -0.410. The molecule has 1 aromatic rings. The van der Waals surface area contributed by atoms with E-state index < -0.39 is 0 Å². The number of benzene rings is 1. The summed E-state index contributed by atoms with van der Waals surface area (Å²) in [5, 5.41) is 0. The van der Waals surface area contributed by atoms with Gasteiger partial charge in [-0.25, -0.2) is 4.39 Å². The third kappa shape index (κ3) is 2.05. The van der Waals surface area contributed by atoms with Crippen LogP contribution >= 0.6 is 15.9 Å². The lowest BCUT2D eigenvalue weighted by Gasteiger charge is -2.10. The maximum absolute atomic E-state index is 12.6. The molecule has 0 aliphatic heterocycles. The Kier molecular flexibility index (Phi) is 3.23. The second kappa shape index (κ2) is 4.01. The molecular weight excluding hydrogens is 221 g/mol. The zero-order chi connectivity index (χ0) is 9.14. The molecule has 0 saturated carbocycles. The van der Waals surface area contributed by atoms with E-state index in [1.54, 1.807) is 6.07 Å². The molecule has 0 aliphatic rings. The number of nitrogens with two attached hydrogens (primary N) is 1. The van der Waals surface area contributed by atoms with Crippen molar-refractivity contribution in [2.45, 2.75) is 19.4 Å². The van der Waals surface area contributed by atoms with Gasteiger partial charge in [-0.15, -0.1) is 0 Å². The van der Waals surface area contributed by atoms with Gasteiger partial charge in [0.15, 0.2) is 0 Å². The quantitative estimate of drug-likeness (QED) is 0.833. The van der Waals surface area contributed by atoms with Crippen LogP contribution < -0.4 is 5.73 Å². The van der Waals surface area contributed by atoms with Gasteiger partial charge in [-0.2, -0.15) is 0 Å². The predicted octanol–water partition coefficient (Wildman–Crippen LogP) is 3.00. The van der Waals surface area contributed by atoms with Crippen molar-refractivity contribution in [3.8, 4) is 0 Å². The Labute approximate surface area is 79.9 Å². The largest absolute Gasteiger partial charge is 0.324 e. The molecule has 0 aromatic heterocycles. The summed E-state index contributed by atoms with van der Waals surface area (Å²) in [4.78, 5) is 0. The van der Waals surface area contributed by atoms with E-state index in [0.29, 0.717) is 0 Å². The fraction of sp³-hybridized carbons (Fsp3) is 0.333. The normalized spacial score (nSPS) is 13.0.